The molecular formula is C12H28NO+. The highest BCUT2D eigenvalue weighted by molar-refractivity contribution is 4.42. The summed E-state index contributed by atoms with van der Waals surface area (Å²) in [4.78, 5) is 0. The largest absolute Gasteiger partial charge is 0.376 e. The van der Waals surface area contributed by atoms with Gasteiger partial charge in [0.1, 0.15) is 6.54 Å². The van der Waals surface area contributed by atoms with Gasteiger partial charge in [0.2, 0.25) is 0 Å². The van der Waals surface area contributed by atoms with Gasteiger partial charge in [-0.3, -0.25) is 0 Å². The molecule has 0 radical (unpaired) electrons. The summed E-state index contributed by atoms with van der Waals surface area (Å²) in [5.74, 6) is 0. The molecule has 0 bridgehead atoms. The second-order valence-electron chi connectivity index (χ2n) is 4.03. The first-order valence-corrected chi connectivity index (χ1v) is 6.17. The van der Waals surface area contributed by atoms with Gasteiger partial charge in [0.25, 0.3) is 0 Å². The van der Waals surface area contributed by atoms with E-state index in [0.717, 1.165) is 13.2 Å². The van der Waals surface area contributed by atoms with Gasteiger partial charge < -0.3 is 9.22 Å². The van der Waals surface area contributed by atoms with Gasteiger partial charge >= 0.3 is 0 Å². The van der Waals surface area contributed by atoms with Crippen LogP contribution in [0, 0.1) is 0 Å². The van der Waals surface area contributed by atoms with E-state index in [1.807, 2.05) is 0 Å². The zero-order valence-corrected chi connectivity index (χ0v) is 10.5. The molecule has 0 N–H and O–H groups in total. The van der Waals surface area contributed by atoms with Gasteiger partial charge in [-0.1, -0.05) is 13.8 Å². The van der Waals surface area contributed by atoms with E-state index in [0.29, 0.717) is 0 Å². The maximum Gasteiger partial charge on any atom is 0.102 e. The number of ether oxygens (including phenoxy) is 1. The molecule has 86 valence electrons. The predicted molar refractivity (Wildman–Crippen MR) is 62.5 cm³/mol. The number of nitrogens with zero attached hydrogens (tertiary/aromatic N) is 1. The minimum atomic E-state index is 0.849. The highest BCUT2D eigenvalue weighted by Gasteiger charge is 2.22. The normalized spacial score (nSPS) is 12.0. The monoisotopic (exact) mass is 202 g/mol. The van der Waals surface area contributed by atoms with E-state index in [1.165, 1.54) is 43.5 Å². The number of hydrogen-bond acceptors (Lipinski definition) is 1. The van der Waals surface area contributed by atoms with Crippen LogP contribution >= 0.6 is 0 Å². The Morgan fingerprint density at radius 2 is 1.43 bits per heavy atom. The molecule has 0 saturated carbocycles. The number of hydrogen-bond donors (Lipinski definition) is 0. The molecule has 2 heteroatoms. The molecule has 14 heavy (non-hydrogen) atoms. The van der Waals surface area contributed by atoms with Crippen LogP contribution in [0.2, 0.25) is 0 Å². The third-order valence-corrected chi connectivity index (χ3v) is 2.98. The molecule has 0 aliphatic carbocycles. The van der Waals surface area contributed by atoms with E-state index in [4.69, 9.17) is 4.74 Å². The number of rotatable bonds is 9. The number of quaternary nitrogens is 1. The first-order valence-electron chi connectivity index (χ1n) is 6.17. The van der Waals surface area contributed by atoms with Crippen molar-refractivity contribution < 1.29 is 9.22 Å². The van der Waals surface area contributed by atoms with E-state index in [1.54, 1.807) is 0 Å². The van der Waals surface area contributed by atoms with Crippen molar-refractivity contribution in [3.05, 3.63) is 0 Å². The summed E-state index contributed by atoms with van der Waals surface area (Å²) in [7, 11) is 0. The van der Waals surface area contributed by atoms with E-state index < -0.39 is 0 Å². The average molecular weight is 202 g/mol. The molecule has 0 atom stereocenters. The van der Waals surface area contributed by atoms with Crippen LogP contribution in [0.3, 0.4) is 0 Å². The fraction of sp³-hybridized carbons (Fsp3) is 1.00. The molecule has 0 aliphatic rings. The van der Waals surface area contributed by atoms with Crippen LogP contribution in [-0.2, 0) is 4.74 Å². The van der Waals surface area contributed by atoms with Crippen LogP contribution in [0.1, 0.15) is 40.5 Å². The Morgan fingerprint density at radius 1 is 0.857 bits per heavy atom. The Kier molecular flexibility index (Phi) is 8.20. The molecule has 2 nitrogen and oxygen atoms in total. The van der Waals surface area contributed by atoms with E-state index in [2.05, 4.69) is 27.7 Å². The Morgan fingerprint density at radius 3 is 1.79 bits per heavy atom. The first-order chi connectivity index (χ1) is 6.74. The van der Waals surface area contributed by atoms with Gasteiger partial charge in [-0.2, -0.15) is 0 Å². The molecule has 0 amide bonds. The van der Waals surface area contributed by atoms with E-state index >= 15 is 0 Å². The molecule has 0 aromatic heterocycles. The molecule has 0 aliphatic heterocycles. The Hall–Kier alpha value is -0.0800. The third-order valence-electron chi connectivity index (χ3n) is 2.98. The Labute approximate surface area is 89.8 Å². The molecule has 0 aromatic rings. The lowest BCUT2D eigenvalue weighted by Gasteiger charge is -2.37. The lowest BCUT2D eigenvalue weighted by atomic mass is 10.2. The number of likely N-dealkylation sites (N-methyl/N-ethyl adjacent to an activating group) is 1. The maximum atomic E-state index is 5.47. The van der Waals surface area contributed by atoms with Crippen LogP contribution in [0.25, 0.3) is 0 Å². The molecular weight excluding hydrogens is 174 g/mol. The quantitative estimate of drug-likeness (QED) is 0.412. The fourth-order valence-electron chi connectivity index (χ4n) is 2.16. The minimum absolute atomic E-state index is 0.849. The lowest BCUT2D eigenvalue weighted by Crippen LogP contribution is -2.51. The molecule has 0 rings (SSSR count). The van der Waals surface area contributed by atoms with Crippen molar-refractivity contribution in [1.29, 1.82) is 0 Å². The average Bonchev–Trinajstić information content (AvgIpc) is 2.19. The van der Waals surface area contributed by atoms with Gasteiger partial charge in [-0.15, -0.1) is 0 Å². The second kappa shape index (κ2) is 8.25. The third kappa shape index (κ3) is 4.97. The second-order valence-corrected chi connectivity index (χ2v) is 4.03. The highest BCUT2D eigenvalue weighted by atomic mass is 16.5. The molecule has 0 fully saturated rings. The van der Waals surface area contributed by atoms with Crippen molar-refractivity contribution in [2.45, 2.75) is 40.5 Å². The van der Waals surface area contributed by atoms with Crippen LogP contribution < -0.4 is 0 Å². The molecule has 0 saturated heterocycles. The zero-order valence-electron chi connectivity index (χ0n) is 10.5. The van der Waals surface area contributed by atoms with Crippen molar-refractivity contribution >= 4 is 0 Å². The summed E-state index contributed by atoms with van der Waals surface area (Å²) in [6.07, 6.45) is 2.56. The summed E-state index contributed by atoms with van der Waals surface area (Å²) in [6.45, 7) is 15.7. The summed E-state index contributed by atoms with van der Waals surface area (Å²) >= 11 is 0. The van der Waals surface area contributed by atoms with Crippen molar-refractivity contribution in [2.24, 2.45) is 0 Å². The summed E-state index contributed by atoms with van der Waals surface area (Å²) in [5, 5.41) is 0. The molecule has 0 heterocycles. The molecule has 0 spiro atoms. The predicted octanol–water partition coefficient (Wildman–Crippen LogP) is 2.68. The standard InChI is InChI=1S/C12H28NO/c1-5-9-13(7-3,10-6-2)11-12-14-8-4/h5-12H2,1-4H3/q+1. The van der Waals surface area contributed by atoms with Gasteiger partial charge in [-0.25, -0.2) is 0 Å². The van der Waals surface area contributed by atoms with Crippen LogP contribution in [0.15, 0.2) is 0 Å². The van der Waals surface area contributed by atoms with Crippen molar-refractivity contribution in [2.75, 3.05) is 39.4 Å². The Bertz CT molecular complexity index is 119. The molecule has 0 unspecified atom stereocenters. The van der Waals surface area contributed by atoms with Crippen molar-refractivity contribution in [3.63, 3.8) is 0 Å². The van der Waals surface area contributed by atoms with Gasteiger partial charge in [0.15, 0.2) is 0 Å². The van der Waals surface area contributed by atoms with Crippen LogP contribution in [0.5, 0.6) is 0 Å². The fourth-order valence-corrected chi connectivity index (χ4v) is 2.16. The van der Waals surface area contributed by atoms with Gasteiger partial charge in [0.05, 0.1) is 26.2 Å². The van der Waals surface area contributed by atoms with Crippen molar-refractivity contribution in [3.8, 4) is 0 Å². The first kappa shape index (κ1) is 13.9. The lowest BCUT2D eigenvalue weighted by molar-refractivity contribution is -0.927. The summed E-state index contributed by atoms with van der Waals surface area (Å²) < 4.78 is 6.71. The van der Waals surface area contributed by atoms with E-state index in [-0.39, 0.29) is 0 Å². The van der Waals surface area contributed by atoms with Crippen LogP contribution in [0.4, 0.5) is 0 Å². The maximum absolute atomic E-state index is 5.47. The van der Waals surface area contributed by atoms with Gasteiger partial charge in [-0.05, 0) is 26.7 Å². The SMILES string of the molecule is CCC[N+](CC)(CCC)CCOCC. The van der Waals surface area contributed by atoms with Gasteiger partial charge in [0, 0.05) is 6.61 Å². The van der Waals surface area contributed by atoms with Crippen LogP contribution in [-0.4, -0.2) is 43.9 Å². The highest BCUT2D eigenvalue weighted by Crippen LogP contribution is 2.09. The minimum Gasteiger partial charge on any atom is -0.376 e. The molecule has 0 aromatic carbocycles. The smallest absolute Gasteiger partial charge is 0.102 e. The topological polar surface area (TPSA) is 9.23 Å². The summed E-state index contributed by atoms with van der Waals surface area (Å²) in [6, 6.07) is 0. The summed E-state index contributed by atoms with van der Waals surface area (Å²) in [5.41, 5.74) is 0. The zero-order chi connectivity index (χ0) is 10.9. The van der Waals surface area contributed by atoms with Crippen molar-refractivity contribution in [1.82, 2.24) is 0 Å². The Balaban J connectivity index is 4.03. The van der Waals surface area contributed by atoms with E-state index in [9.17, 15) is 0 Å².